The van der Waals surface area contributed by atoms with Gasteiger partial charge in [-0.15, -0.1) is 0 Å². The number of nitriles is 1. The predicted molar refractivity (Wildman–Crippen MR) is 83.4 cm³/mol. The standard InChI is InChI=1S/C17H13F3N4O2/c1-2-26-17(25)15-8-24-7-10(6-21)22-14(16(24)23-15)4-9-3-12(19)13(20)5-11(9)18/h3,5,7-8,17,25H,2,4H2,1H3. The van der Waals surface area contributed by atoms with Gasteiger partial charge in [-0.3, -0.25) is 0 Å². The Morgan fingerprint density at radius 1 is 1.19 bits per heavy atom. The maximum absolute atomic E-state index is 13.9. The Bertz CT molecular complexity index is 1010. The molecule has 2 aromatic heterocycles. The third-order valence-corrected chi connectivity index (χ3v) is 3.67. The summed E-state index contributed by atoms with van der Waals surface area (Å²) in [6.07, 6.45) is 1.33. The van der Waals surface area contributed by atoms with Crippen LogP contribution < -0.4 is 0 Å². The number of hydrogen-bond donors (Lipinski definition) is 1. The summed E-state index contributed by atoms with van der Waals surface area (Å²) in [4.78, 5) is 8.27. The molecule has 0 bridgehead atoms. The van der Waals surface area contributed by atoms with Gasteiger partial charge in [0.25, 0.3) is 0 Å². The van der Waals surface area contributed by atoms with Crippen LogP contribution in [0.1, 0.15) is 35.9 Å². The number of nitrogens with zero attached hydrogens (tertiary/aromatic N) is 4. The molecule has 0 amide bonds. The number of hydrogen-bond acceptors (Lipinski definition) is 5. The number of halogens is 3. The van der Waals surface area contributed by atoms with Crippen LogP contribution in [0.25, 0.3) is 5.65 Å². The summed E-state index contributed by atoms with van der Waals surface area (Å²) in [5.41, 5.74) is 0.468. The normalized spacial score (nSPS) is 12.3. The summed E-state index contributed by atoms with van der Waals surface area (Å²) in [7, 11) is 0. The van der Waals surface area contributed by atoms with Gasteiger partial charge in [0.1, 0.15) is 17.6 Å². The molecule has 0 saturated carbocycles. The van der Waals surface area contributed by atoms with Crippen LogP contribution in [0.15, 0.2) is 24.5 Å². The Morgan fingerprint density at radius 2 is 1.92 bits per heavy atom. The smallest absolute Gasteiger partial charge is 0.200 e. The van der Waals surface area contributed by atoms with Gasteiger partial charge in [0.2, 0.25) is 0 Å². The first-order valence-electron chi connectivity index (χ1n) is 7.64. The largest absolute Gasteiger partial charge is 0.363 e. The highest BCUT2D eigenvalue weighted by Crippen LogP contribution is 2.21. The van der Waals surface area contributed by atoms with Crippen molar-refractivity contribution in [3.05, 3.63) is 64.6 Å². The third kappa shape index (κ3) is 3.37. The highest BCUT2D eigenvalue weighted by molar-refractivity contribution is 5.49. The lowest BCUT2D eigenvalue weighted by Gasteiger charge is -2.06. The van der Waals surface area contributed by atoms with Crippen LogP contribution >= 0.6 is 0 Å². The summed E-state index contributed by atoms with van der Waals surface area (Å²) in [5.74, 6) is -3.42. The minimum atomic E-state index is -1.29. The van der Waals surface area contributed by atoms with Gasteiger partial charge in [0.05, 0.1) is 5.69 Å². The van der Waals surface area contributed by atoms with Crippen LogP contribution in [0.3, 0.4) is 0 Å². The second kappa shape index (κ2) is 7.11. The lowest BCUT2D eigenvalue weighted by Crippen LogP contribution is -2.04. The quantitative estimate of drug-likeness (QED) is 0.557. The zero-order valence-corrected chi connectivity index (χ0v) is 13.6. The molecule has 9 heteroatoms. The average molecular weight is 362 g/mol. The highest BCUT2D eigenvalue weighted by Gasteiger charge is 2.18. The molecule has 3 rings (SSSR count). The fourth-order valence-corrected chi connectivity index (χ4v) is 2.49. The van der Waals surface area contributed by atoms with Crippen molar-refractivity contribution in [3.8, 4) is 6.07 Å². The van der Waals surface area contributed by atoms with Gasteiger partial charge < -0.3 is 14.2 Å². The zero-order chi connectivity index (χ0) is 18.8. The van der Waals surface area contributed by atoms with Gasteiger partial charge in [0.15, 0.2) is 29.3 Å². The molecule has 2 heterocycles. The van der Waals surface area contributed by atoms with E-state index < -0.39 is 23.7 Å². The van der Waals surface area contributed by atoms with E-state index in [9.17, 15) is 18.3 Å². The molecule has 0 aliphatic heterocycles. The van der Waals surface area contributed by atoms with Crippen molar-refractivity contribution >= 4 is 5.65 Å². The highest BCUT2D eigenvalue weighted by atomic mass is 19.2. The molecular weight excluding hydrogens is 349 g/mol. The topological polar surface area (TPSA) is 83.4 Å². The lowest BCUT2D eigenvalue weighted by atomic mass is 10.1. The Kier molecular flexibility index (Phi) is 4.88. The second-order valence-electron chi connectivity index (χ2n) is 5.42. The van der Waals surface area contributed by atoms with Gasteiger partial charge in [0, 0.05) is 31.5 Å². The SMILES string of the molecule is CCOC(O)c1cn2cc(C#N)nc(Cc3cc(F)c(F)cc3F)c2n1. The van der Waals surface area contributed by atoms with E-state index in [1.807, 2.05) is 6.07 Å². The van der Waals surface area contributed by atoms with Crippen molar-refractivity contribution in [1.29, 1.82) is 5.26 Å². The molecule has 26 heavy (non-hydrogen) atoms. The monoisotopic (exact) mass is 362 g/mol. The van der Waals surface area contributed by atoms with E-state index in [0.717, 1.165) is 6.07 Å². The molecule has 6 nitrogen and oxygen atoms in total. The first-order chi connectivity index (χ1) is 12.4. The van der Waals surface area contributed by atoms with Crippen molar-refractivity contribution in [2.24, 2.45) is 0 Å². The second-order valence-corrected chi connectivity index (χ2v) is 5.42. The van der Waals surface area contributed by atoms with Crippen LogP contribution in [0, 0.1) is 28.8 Å². The lowest BCUT2D eigenvalue weighted by molar-refractivity contribution is -0.100. The number of imidazole rings is 1. The van der Waals surface area contributed by atoms with Crippen LogP contribution in [0.4, 0.5) is 13.2 Å². The van der Waals surface area contributed by atoms with E-state index in [1.165, 1.54) is 16.8 Å². The Hall–Kier alpha value is -2.96. The number of rotatable bonds is 5. The zero-order valence-electron chi connectivity index (χ0n) is 13.6. The molecule has 0 spiro atoms. The Morgan fingerprint density at radius 3 is 2.62 bits per heavy atom. The van der Waals surface area contributed by atoms with E-state index in [0.29, 0.717) is 6.07 Å². The predicted octanol–water partition coefficient (Wildman–Crippen LogP) is 2.64. The van der Waals surface area contributed by atoms with E-state index in [4.69, 9.17) is 10.00 Å². The van der Waals surface area contributed by atoms with Gasteiger partial charge in [-0.05, 0) is 18.6 Å². The van der Waals surface area contributed by atoms with Gasteiger partial charge >= 0.3 is 0 Å². The number of aromatic nitrogens is 3. The fraction of sp³-hybridized carbons (Fsp3) is 0.235. The van der Waals surface area contributed by atoms with Crippen molar-refractivity contribution < 1.29 is 23.0 Å². The van der Waals surface area contributed by atoms with E-state index in [-0.39, 0.29) is 41.3 Å². The van der Waals surface area contributed by atoms with E-state index >= 15 is 0 Å². The molecule has 1 atom stereocenters. The molecule has 134 valence electrons. The molecule has 0 saturated heterocycles. The molecule has 1 aromatic carbocycles. The van der Waals surface area contributed by atoms with Gasteiger partial charge in [-0.1, -0.05) is 0 Å². The van der Waals surface area contributed by atoms with Crippen LogP contribution in [-0.4, -0.2) is 26.1 Å². The number of benzene rings is 1. The summed E-state index contributed by atoms with van der Waals surface area (Å²) in [6.45, 7) is 1.95. The summed E-state index contributed by atoms with van der Waals surface area (Å²) >= 11 is 0. The maximum atomic E-state index is 13.9. The minimum absolute atomic E-state index is 0.0188. The average Bonchev–Trinajstić information content (AvgIpc) is 3.04. The molecule has 0 fully saturated rings. The first kappa shape index (κ1) is 17.8. The minimum Gasteiger partial charge on any atom is -0.363 e. The molecule has 1 N–H and O–H groups in total. The molecule has 1 unspecified atom stereocenters. The van der Waals surface area contributed by atoms with Crippen molar-refractivity contribution in [2.45, 2.75) is 19.6 Å². The number of aliphatic hydroxyl groups excluding tert-OH is 1. The maximum Gasteiger partial charge on any atom is 0.200 e. The van der Waals surface area contributed by atoms with Crippen molar-refractivity contribution in [1.82, 2.24) is 14.4 Å². The van der Waals surface area contributed by atoms with E-state index in [2.05, 4.69) is 9.97 Å². The summed E-state index contributed by atoms with van der Waals surface area (Å²) in [6, 6.07) is 3.05. The number of ether oxygens (including phenoxy) is 1. The Balaban J connectivity index is 2.09. The molecule has 0 aliphatic rings. The van der Waals surface area contributed by atoms with Crippen LogP contribution in [0.5, 0.6) is 0 Å². The van der Waals surface area contributed by atoms with E-state index in [1.54, 1.807) is 6.92 Å². The Labute approximate surface area is 146 Å². The molecular formula is C17H13F3N4O2. The summed E-state index contributed by atoms with van der Waals surface area (Å²) < 4.78 is 47.0. The third-order valence-electron chi connectivity index (χ3n) is 3.67. The summed E-state index contributed by atoms with van der Waals surface area (Å²) in [5, 5.41) is 19.0. The van der Waals surface area contributed by atoms with Crippen LogP contribution in [-0.2, 0) is 11.2 Å². The van der Waals surface area contributed by atoms with Crippen LogP contribution in [0.2, 0.25) is 0 Å². The molecule has 0 radical (unpaired) electrons. The number of fused-ring (bicyclic) bond motifs is 1. The first-order valence-corrected chi connectivity index (χ1v) is 7.64. The van der Waals surface area contributed by atoms with Crippen molar-refractivity contribution in [3.63, 3.8) is 0 Å². The van der Waals surface area contributed by atoms with Gasteiger partial charge in [-0.2, -0.15) is 5.26 Å². The van der Waals surface area contributed by atoms with Crippen molar-refractivity contribution in [2.75, 3.05) is 6.61 Å². The fourth-order valence-electron chi connectivity index (χ4n) is 2.49. The molecule has 0 aliphatic carbocycles. The molecule has 3 aromatic rings. The van der Waals surface area contributed by atoms with Gasteiger partial charge in [-0.25, -0.2) is 23.1 Å². The number of aliphatic hydroxyl groups is 1.